The SMILES string of the molecule is CN(C)C(=O)CCC(=O)c1ccc2c(c1)N(C)C(=O)CO2. The Morgan fingerprint density at radius 2 is 2.00 bits per heavy atom. The minimum absolute atomic E-state index is 0.00807. The van der Waals surface area contributed by atoms with Gasteiger partial charge in [-0.3, -0.25) is 14.4 Å². The third-order valence-electron chi connectivity index (χ3n) is 3.43. The minimum atomic E-state index is -0.158. The maximum Gasteiger partial charge on any atom is 0.264 e. The lowest BCUT2D eigenvalue weighted by Gasteiger charge is -2.26. The van der Waals surface area contributed by atoms with Gasteiger partial charge < -0.3 is 14.5 Å². The van der Waals surface area contributed by atoms with Gasteiger partial charge in [0.05, 0.1) is 5.69 Å². The van der Waals surface area contributed by atoms with E-state index in [9.17, 15) is 14.4 Å². The molecule has 0 unspecified atom stereocenters. The number of benzene rings is 1. The molecule has 6 heteroatoms. The standard InChI is InChI=1S/C15H18N2O4/c1-16(2)14(19)7-5-12(18)10-4-6-13-11(8-10)17(3)15(20)9-21-13/h4,6,8H,5,7,9H2,1-3H3. The zero-order valence-corrected chi connectivity index (χ0v) is 12.4. The van der Waals surface area contributed by atoms with Gasteiger partial charge in [-0.25, -0.2) is 0 Å². The monoisotopic (exact) mass is 290 g/mol. The first-order valence-electron chi connectivity index (χ1n) is 6.67. The van der Waals surface area contributed by atoms with Gasteiger partial charge in [0, 0.05) is 39.5 Å². The second kappa shape index (κ2) is 5.95. The van der Waals surface area contributed by atoms with Gasteiger partial charge in [-0.1, -0.05) is 0 Å². The summed E-state index contributed by atoms with van der Waals surface area (Å²) < 4.78 is 5.31. The molecule has 6 nitrogen and oxygen atoms in total. The molecule has 1 aliphatic heterocycles. The number of carbonyl (C=O) groups is 3. The lowest BCUT2D eigenvalue weighted by atomic mass is 10.0. The molecule has 0 fully saturated rings. The molecule has 0 aliphatic carbocycles. The Balaban J connectivity index is 2.13. The van der Waals surface area contributed by atoms with Gasteiger partial charge in [-0.2, -0.15) is 0 Å². The van der Waals surface area contributed by atoms with E-state index in [1.807, 2.05) is 0 Å². The highest BCUT2D eigenvalue weighted by Gasteiger charge is 2.23. The molecule has 1 heterocycles. The molecule has 0 spiro atoms. The van der Waals surface area contributed by atoms with Crippen molar-refractivity contribution in [2.45, 2.75) is 12.8 Å². The van der Waals surface area contributed by atoms with Gasteiger partial charge in [0.1, 0.15) is 5.75 Å². The van der Waals surface area contributed by atoms with Crippen molar-refractivity contribution < 1.29 is 19.1 Å². The molecule has 0 saturated heterocycles. The first-order valence-corrected chi connectivity index (χ1v) is 6.67. The van der Waals surface area contributed by atoms with Gasteiger partial charge in [-0.05, 0) is 18.2 Å². The van der Waals surface area contributed by atoms with E-state index in [0.29, 0.717) is 17.0 Å². The second-order valence-electron chi connectivity index (χ2n) is 5.14. The van der Waals surface area contributed by atoms with Crippen molar-refractivity contribution in [1.82, 2.24) is 4.90 Å². The summed E-state index contributed by atoms with van der Waals surface area (Å²) in [7, 11) is 4.96. The number of rotatable bonds is 4. The molecule has 21 heavy (non-hydrogen) atoms. The van der Waals surface area contributed by atoms with E-state index >= 15 is 0 Å². The van der Waals surface area contributed by atoms with Crippen molar-refractivity contribution in [3.05, 3.63) is 23.8 Å². The van der Waals surface area contributed by atoms with Crippen LogP contribution in [0.25, 0.3) is 0 Å². The van der Waals surface area contributed by atoms with E-state index in [1.165, 1.54) is 9.80 Å². The molecule has 2 rings (SSSR count). The fourth-order valence-corrected chi connectivity index (χ4v) is 2.03. The maximum atomic E-state index is 12.1. The smallest absolute Gasteiger partial charge is 0.264 e. The molecule has 0 atom stereocenters. The van der Waals surface area contributed by atoms with E-state index in [0.717, 1.165) is 0 Å². The average molecular weight is 290 g/mol. The third-order valence-corrected chi connectivity index (χ3v) is 3.43. The van der Waals surface area contributed by atoms with Crippen LogP contribution in [0, 0.1) is 0 Å². The second-order valence-corrected chi connectivity index (χ2v) is 5.14. The molecule has 0 bridgehead atoms. The summed E-state index contributed by atoms with van der Waals surface area (Å²) in [5.41, 5.74) is 1.06. The van der Waals surface area contributed by atoms with Crippen molar-refractivity contribution in [2.75, 3.05) is 32.6 Å². The number of ketones is 1. The highest BCUT2D eigenvalue weighted by molar-refractivity contribution is 6.02. The average Bonchev–Trinajstić information content (AvgIpc) is 2.47. The molecule has 0 aromatic heterocycles. The third kappa shape index (κ3) is 3.21. The van der Waals surface area contributed by atoms with Crippen molar-refractivity contribution in [2.24, 2.45) is 0 Å². The summed E-state index contributed by atoms with van der Waals surface area (Å²) in [4.78, 5) is 38.2. The molecule has 1 aromatic carbocycles. The number of hydrogen-bond acceptors (Lipinski definition) is 4. The van der Waals surface area contributed by atoms with E-state index < -0.39 is 0 Å². The first-order chi connectivity index (χ1) is 9.90. The number of amides is 2. The number of ether oxygens (including phenoxy) is 1. The van der Waals surface area contributed by atoms with Gasteiger partial charge in [-0.15, -0.1) is 0 Å². The summed E-state index contributed by atoms with van der Waals surface area (Å²) in [6.45, 7) is 0.00807. The van der Waals surface area contributed by atoms with Crippen LogP contribution in [0.4, 0.5) is 5.69 Å². The van der Waals surface area contributed by atoms with Crippen LogP contribution in [0.2, 0.25) is 0 Å². The zero-order chi connectivity index (χ0) is 15.6. The minimum Gasteiger partial charge on any atom is -0.482 e. The quantitative estimate of drug-likeness (QED) is 0.779. The van der Waals surface area contributed by atoms with Crippen LogP contribution in [-0.4, -0.2) is 50.2 Å². The fraction of sp³-hybridized carbons (Fsp3) is 0.400. The number of nitrogens with zero attached hydrogens (tertiary/aromatic N) is 2. The van der Waals surface area contributed by atoms with Crippen LogP contribution >= 0.6 is 0 Å². The summed E-state index contributed by atoms with van der Waals surface area (Å²) in [6.07, 6.45) is 0.322. The Bertz CT molecular complexity index is 595. The van der Waals surface area contributed by atoms with Gasteiger partial charge in [0.15, 0.2) is 12.4 Å². The van der Waals surface area contributed by atoms with Crippen molar-refractivity contribution in [3.8, 4) is 5.75 Å². The van der Waals surface area contributed by atoms with E-state index in [1.54, 1.807) is 39.3 Å². The van der Waals surface area contributed by atoms with Crippen molar-refractivity contribution >= 4 is 23.3 Å². The molecular weight excluding hydrogens is 272 g/mol. The number of anilines is 1. The predicted molar refractivity (Wildman–Crippen MR) is 77.6 cm³/mol. The summed E-state index contributed by atoms with van der Waals surface area (Å²) in [6, 6.07) is 4.97. The van der Waals surface area contributed by atoms with Crippen LogP contribution in [0.1, 0.15) is 23.2 Å². The van der Waals surface area contributed by atoms with Crippen LogP contribution in [-0.2, 0) is 9.59 Å². The lowest BCUT2D eigenvalue weighted by Crippen LogP contribution is -2.35. The van der Waals surface area contributed by atoms with Crippen LogP contribution in [0.3, 0.4) is 0 Å². The number of Topliss-reactive ketones (excluding diaryl/α,β-unsaturated/α-hetero) is 1. The Morgan fingerprint density at radius 3 is 2.67 bits per heavy atom. The molecule has 0 radical (unpaired) electrons. The van der Waals surface area contributed by atoms with Crippen LogP contribution in [0.5, 0.6) is 5.75 Å². The molecule has 2 amide bonds. The highest BCUT2D eigenvalue weighted by atomic mass is 16.5. The Labute approximate surface area is 123 Å². The van der Waals surface area contributed by atoms with Gasteiger partial charge in [0.2, 0.25) is 5.91 Å². The van der Waals surface area contributed by atoms with Crippen LogP contribution < -0.4 is 9.64 Å². The summed E-state index contributed by atoms with van der Waals surface area (Å²) >= 11 is 0. The molecule has 0 saturated carbocycles. The normalized spacial score (nSPS) is 13.5. The molecule has 112 valence electrons. The lowest BCUT2D eigenvalue weighted by molar-refractivity contribution is -0.128. The van der Waals surface area contributed by atoms with E-state index in [2.05, 4.69) is 0 Å². The van der Waals surface area contributed by atoms with Crippen molar-refractivity contribution in [3.63, 3.8) is 0 Å². The topological polar surface area (TPSA) is 66.9 Å². The van der Waals surface area contributed by atoms with Gasteiger partial charge in [0.25, 0.3) is 5.91 Å². The predicted octanol–water partition coefficient (Wildman–Crippen LogP) is 1.09. The zero-order valence-electron chi connectivity index (χ0n) is 12.4. The first kappa shape index (κ1) is 15.0. The van der Waals surface area contributed by atoms with Gasteiger partial charge >= 0.3 is 0 Å². The number of hydrogen-bond donors (Lipinski definition) is 0. The fourth-order valence-electron chi connectivity index (χ4n) is 2.03. The summed E-state index contributed by atoms with van der Waals surface area (Å²) in [5.74, 6) is 0.212. The van der Waals surface area contributed by atoms with Crippen LogP contribution in [0.15, 0.2) is 18.2 Å². The van der Waals surface area contributed by atoms with E-state index in [-0.39, 0.29) is 37.0 Å². The highest BCUT2D eigenvalue weighted by Crippen LogP contribution is 2.32. The molecular formula is C15H18N2O4. The largest absolute Gasteiger partial charge is 0.482 e. The molecule has 0 N–H and O–H groups in total. The Kier molecular flexibility index (Phi) is 4.26. The van der Waals surface area contributed by atoms with E-state index in [4.69, 9.17) is 4.74 Å². The Hall–Kier alpha value is -2.37. The number of carbonyl (C=O) groups excluding carboxylic acids is 3. The number of fused-ring (bicyclic) bond motifs is 1. The Morgan fingerprint density at radius 1 is 1.29 bits per heavy atom. The number of likely N-dealkylation sites (N-methyl/N-ethyl adjacent to an activating group) is 1. The summed E-state index contributed by atoms with van der Waals surface area (Å²) in [5, 5.41) is 0. The van der Waals surface area contributed by atoms with Crippen molar-refractivity contribution in [1.29, 1.82) is 0 Å². The maximum absolute atomic E-state index is 12.1. The molecule has 1 aromatic rings. The molecule has 1 aliphatic rings.